The van der Waals surface area contributed by atoms with E-state index in [1.54, 1.807) is 21.9 Å². The number of hydrogen-bond donors (Lipinski definition) is 1. The fourth-order valence-electron chi connectivity index (χ4n) is 3.62. The van der Waals surface area contributed by atoms with Gasteiger partial charge in [0.05, 0.1) is 19.1 Å². The lowest BCUT2D eigenvalue weighted by Crippen LogP contribution is -2.50. The van der Waals surface area contributed by atoms with E-state index in [0.717, 1.165) is 0 Å². The SMILES string of the molecule is O=C(O)CC1CN(C(=O)C2CCN(C(=O)COc3ccccc3)CC2)CCO1. The summed E-state index contributed by atoms with van der Waals surface area (Å²) in [6, 6.07) is 9.19. The molecule has 1 N–H and O–H groups in total. The zero-order valence-electron chi connectivity index (χ0n) is 15.8. The van der Waals surface area contributed by atoms with Crippen LogP contribution in [0.5, 0.6) is 5.75 Å². The first kappa shape index (κ1) is 20.1. The van der Waals surface area contributed by atoms with Gasteiger partial charge in [-0.05, 0) is 25.0 Å². The Bertz CT molecular complexity index is 687. The highest BCUT2D eigenvalue weighted by molar-refractivity contribution is 5.81. The molecule has 28 heavy (non-hydrogen) atoms. The molecule has 2 aliphatic heterocycles. The minimum absolute atomic E-state index is 0.0110. The number of piperidine rings is 1. The van der Waals surface area contributed by atoms with Gasteiger partial charge in [0.2, 0.25) is 5.91 Å². The standard InChI is InChI=1S/C20H26N2O6/c23-18(14-28-16-4-2-1-3-5-16)21-8-6-15(7-9-21)20(26)22-10-11-27-17(13-22)12-19(24)25/h1-5,15,17H,6-14H2,(H,24,25). The molecule has 1 aromatic rings. The topological polar surface area (TPSA) is 96.4 Å². The molecule has 0 spiro atoms. The van der Waals surface area contributed by atoms with E-state index in [4.69, 9.17) is 14.6 Å². The number of aliphatic carboxylic acids is 1. The summed E-state index contributed by atoms with van der Waals surface area (Å²) in [4.78, 5) is 39.4. The summed E-state index contributed by atoms with van der Waals surface area (Å²) in [5, 5.41) is 8.91. The maximum absolute atomic E-state index is 12.8. The number of nitrogens with zero attached hydrogens (tertiary/aromatic N) is 2. The summed E-state index contributed by atoms with van der Waals surface area (Å²) in [7, 11) is 0. The number of carboxylic acids is 1. The van der Waals surface area contributed by atoms with Crippen molar-refractivity contribution in [3.63, 3.8) is 0 Å². The molecule has 1 unspecified atom stereocenters. The molecule has 8 heteroatoms. The van der Waals surface area contributed by atoms with Gasteiger partial charge >= 0.3 is 5.97 Å². The van der Waals surface area contributed by atoms with E-state index < -0.39 is 12.1 Å². The number of carbonyl (C=O) groups excluding carboxylic acids is 2. The highest BCUT2D eigenvalue weighted by Gasteiger charge is 2.33. The second-order valence-electron chi connectivity index (χ2n) is 7.13. The van der Waals surface area contributed by atoms with Gasteiger partial charge in [-0.15, -0.1) is 0 Å². The number of amides is 2. The van der Waals surface area contributed by atoms with Crippen molar-refractivity contribution in [2.75, 3.05) is 39.4 Å². The monoisotopic (exact) mass is 390 g/mol. The summed E-state index contributed by atoms with van der Waals surface area (Å²) in [6.45, 7) is 2.20. The molecule has 2 aliphatic rings. The Labute approximate surface area is 164 Å². The molecule has 0 bridgehead atoms. The van der Waals surface area contributed by atoms with Gasteiger partial charge in [-0.2, -0.15) is 0 Å². The van der Waals surface area contributed by atoms with Crippen molar-refractivity contribution in [1.82, 2.24) is 9.80 Å². The Kier molecular flexibility index (Phi) is 6.86. The van der Waals surface area contributed by atoms with Gasteiger partial charge in [0.25, 0.3) is 5.91 Å². The first-order chi connectivity index (χ1) is 13.5. The molecular weight excluding hydrogens is 364 g/mol. The lowest BCUT2D eigenvalue weighted by Gasteiger charge is -2.37. The zero-order chi connectivity index (χ0) is 19.9. The number of morpholine rings is 1. The van der Waals surface area contributed by atoms with Gasteiger partial charge < -0.3 is 24.4 Å². The third-order valence-electron chi connectivity index (χ3n) is 5.16. The quantitative estimate of drug-likeness (QED) is 0.779. The number of benzene rings is 1. The number of likely N-dealkylation sites (tertiary alicyclic amines) is 1. The van der Waals surface area contributed by atoms with Crippen LogP contribution in [0, 0.1) is 5.92 Å². The van der Waals surface area contributed by atoms with Crippen LogP contribution in [0.1, 0.15) is 19.3 Å². The second-order valence-corrected chi connectivity index (χ2v) is 7.13. The second kappa shape index (κ2) is 9.54. The largest absolute Gasteiger partial charge is 0.484 e. The molecule has 2 saturated heterocycles. The van der Waals surface area contributed by atoms with Gasteiger partial charge in [-0.1, -0.05) is 18.2 Å². The van der Waals surface area contributed by atoms with E-state index in [1.807, 2.05) is 18.2 Å². The minimum atomic E-state index is -0.927. The zero-order valence-corrected chi connectivity index (χ0v) is 15.8. The van der Waals surface area contributed by atoms with Crippen molar-refractivity contribution in [3.8, 4) is 5.75 Å². The number of carbonyl (C=O) groups is 3. The van der Waals surface area contributed by atoms with Gasteiger partial charge in [0.15, 0.2) is 6.61 Å². The van der Waals surface area contributed by atoms with Crippen molar-refractivity contribution in [2.24, 2.45) is 5.92 Å². The highest BCUT2D eigenvalue weighted by atomic mass is 16.5. The Hall–Kier alpha value is -2.61. The molecule has 1 atom stereocenters. The maximum atomic E-state index is 12.8. The number of rotatable bonds is 6. The number of hydrogen-bond acceptors (Lipinski definition) is 5. The Morgan fingerprint density at radius 2 is 1.79 bits per heavy atom. The van der Waals surface area contributed by atoms with Crippen molar-refractivity contribution >= 4 is 17.8 Å². The summed E-state index contributed by atoms with van der Waals surface area (Å²) in [6.07, 6.45) is 0.665. The molecule has 0 aliphatic carbocycles. The maximum Gasteiger partial charge on any atom is 0.306 e. The summed E-state index contributed by atoms with van der Waals surface area (Å²) in [5.74, 6) is -0.454. The summed E-state index contributed by atoms with van der Waals surface area (Å²) >= 11 is 0. The normalized spacial score (nSPS) is 20.6. The van der Waals surface area contributed by atoms with Crippen LogP contribution >= 0.6 is 0 Å². The molecular formula is C20H26N2O6. The van der Waals surface area contributed by atoms with E-state index in [1.165, 1.54) is 0 Å². The van der Waals surface area contributed by atoms with Crippen LogP contribution in [-0.4, -0.2) is 78.2 Å². The van der Waals surface area contributed by atoms with Crippen LogP contribution in [0.2, 0.25) is 0 Å². The molecule has 2 fully saturated rings. The van der Waals surface area contributed by atoms with Gasteiger partial charge in [-0.25, -0.2) is 0 Å². The number of para-hydroxylation sites is 1. The van der Waals surface area contributed by atoms with E-state index in [2.05, 4.69) is 0 Å². The third kappa shape index (κ3) is 5.45. The smallest absolute Gasteiger partial charge is 0.306 e. The number of ether oxygens (including phenoxy) is 2. The molecule has 1 aromatic carbocycles. The van der Waals surface area contributed by atoms with Crippen LogP contribution in [0.15, 0.2) is 30.3 Å². The fraction of sp³-hybridized carbons (Fsp3) is 0.550. The molecule has 2 amide bonds. The average Bonchev–Trinajstić information content (AvgIpc) is 2.72. The molecule has 8 nitrogen and oxygen atoms in total. The van der Waals surface area contributed by atoms with Gasteiger partial charge in [0, 0.05) is 32.1 Å². The van der Waals surface area contributed by atoms with E-state index >= 15 is 0 Å². The van der Waals surface area contributed by atoms with Crippen LogP contribution in [0.3, 0.4) is 0 Å². The highest BCUT2D eigenvalue weighted by Crippen LogP contribution is 2.22. The Morgan fingerprint density at radius 1 is 1.07 bits per heavy atom. The first-order valence-electron chi connectivity index (χ1n) is 9.60. The molecule has 3 rings (SSSR count). The van der Waals surface area contributed by atoms with Crippen LogP contribution in [0.25, 0.3) is 0 Å². The fourth-order valence-corrected chi connectivity index (χ4v) is 3.62. The molecule has 0 saturated carbocycles. The summed E-state index contributed by atoms with van der Waals surface area (Å²) in [5.41, 5.74) is 0. The lowest BCUT2D eigenvalue weighted by molar-refractivity contribution is -0.151. The van der Waals surface area contributed by atoms with Gasteiger partial charge in [0.1, 0.15) is 5.75 Å². The van der Waals surface area contributed by atoms with Gasteiger partial charge in [-0.3, -0.25) is 14.4 Å². The predicted octanol–water partition coefficient (Wildman–Crippen LogP) is 1.01. The lowest BCUT2D eigenvalue weighted by atomic mass is 9.94. The number of carboxylic acid groups (broad SMARTS) is 1. The molecule has 2 heterocycles. The minimum Gasteiger partial charge on any atom is -0.484 e. The first-order valence-corrected chi connectivity index (χ1v) is 9.60. The van der Waals surface area contributed by atoms with E-state index in [0.29, 0.717) is 51.4 Å². The van der Waals surface area contributed by atoms with Crippen LogP contribution in [-0.2, 0) is 19.1 Å². The third-order valence-corrected chi connectivity index (χ3v) is 5.16. The van der Waals surface area contributed by atoms with Crippen molar-refractivity contribution in [1.29, 1.82) is 0 Å². The van der Waals surface area contributed by atoms with Crippen LogP contribution in [0.4, 0.5) is 0 Å². The van der Waals surface area contributed by atoms with Crippen LogP contribution < -0.4 is 4.74 Å². The molecule has 0 aromatic heterocycles. The molecule has 0 radical (unpaired) electrons. The van der Waals surface area contributed by atoms with E-state index in [9.17, 15) is 14.4 Å². The predicted molar refractivity (Wildman–Crippen MR) is 99.8 cm³/mol. The van der Waals surface area contributed by atoms with Crippen molar-refractivity contribution in [2.45, 2.75) is 25.4 Å². The van der Waals surface area contributed by atoms with Crippen molar-refractivity contribution < 1.29 is 29.0 Å². The average molecular weight is 390 g/mol. The molecule has 152 valence electrons. The van der Waals surface area contributed by atoms with Crippen molar-refractivity contribution in [3.05, 3.63) is 30.3 Å². The van der Waals surface area contributed by atoms with E-state index in [-0.39, 0.29) is 30.8 Å². The summed E-state index contributed by atoms with van der Waals surface area (Å²) < 4.78 is 10.9. The Morgan fingerprint density at radius 3 is 2.46 bits per heavy atom. The Balaban J connectivity index is 1.43.